The number of likely N-dealkylation sites (N-methyl/N-ethyl adjacent to an activating group) is 1. The first kappa shape index (κ1) is 18.0. The van der Waals surface area contributed by atoms with E-state index < -0.39 is 11.8 Å². The lowest BCUT2D eigenvalue weighted by Crippen LogP contribution is -2.28. The maximum Gasteiger partial charge on any atom is 0.317 e. The smallest absolute Gasteiger partial charge is 0.317 e. The summed E-state index contributed by atoms with van der Waals surface area (Å²) in [6.45, 7) is 4.21. The van der Waals surface area contributed by atoms with Crippen molar-refractivity contribution in [2.24, 2.45) is 0 Å². The number of carbonyl (C=O) groups is 2. The fraction of sp³-hybridized carbons (Fsp3) is 0.429. The second-order valence-corrected chi connectivity index (χ2v) is 4.07. The number of aldehydes is 1. The van der Waals surface area contributed by atoms with Gasteiger partial charge in [-0.1, -0.05) is 13.8 Å². The van der Waals surface area contributed by atoms with Gasteiger partial charge in [0.2, 0.25) is 0 Å². The van der Waals surface area contributed by atoms with Crippen LogP contribution in [-0.4, -0.2) is 42.4 Å². The Labute approximate surface area is 118 Å². The van der Waals surface area contributed by atoms with Crippen LogP contribution in [-0.2, 0) is 11.2 Å². The van der Waals surface area contributed by atoms with Gasteiger partial charge >= 0.3 is 5.97 Å². The zero-order valence-corrected chi connectivity index (χ0v) is 12.0. The minimum absolute atomic E-state index is 0.132. The third kappa shape index (κ3) is 5.79. The topological polar surface area (TPSA) is 83.6 Å². The number of rotatable bonds is 6. The number of anilines is 1. The molecule has 0 amide bonds. The van der Waals surface area contributed by atoms with Crippen LogP contribution in [0.25, 0.3) is 0 Å². The Hall–Kier alpha value is -1.95. The molecule has 0 bridgehead atoms. The van der Waals surface area contributed by atoms with E-state index in [1.165, 1.54) is 11.0 Å². The molecule has 0 aliphatic rings. The first-order chi connectivity index (χ1) is 9.43. The quantitative estimate of drug-likeness (QED) is 0.615. The first-order valence-electron chi connectivity index (χ1n) is 6.37. The highest BCUT2D eigenvalue weighted by molar-refractivity contribution is 5.79. The molecule has 1 aromatic carbocycles. The molecule has 0 aliphatic heterocycles. The van der Waals surface area contributed by atoms with Crippen LogP contribution >= 0.6 is 0 Å². The van der Waals surface area contributed by atoms with Crippen LogP contribution in [0.1, 0.15) is 29.8 Å². The van der Waals surface area contributed by atoms with Gasteiger partial charge in [0.15, 0.2) is 6.29 Å². The summed E-state index contributed by atoms with van der Waals surface area (Å²) < 4.78 is 13.6. The molecule has 0 saturated heterocycles. The second-order valence-electron chi connectivity index (χ2n) is 4.07. The number of hydrogen-bond donors (Lipinski definition) is 2. The Morgan fingerprint density at radius 3 is 2.55 bits per heavy atom. The predicted octanol–water partition coefficient (Wildman–Crippen LogP) is 1.81. The molecule has 1 rings (SSSR count). The standard InChI is InChI=1S/C12H15FN2O3.C2H6/c1-15(6-12(17)18)3-2-10-8(7-16)4-9(14)5-11(10)13;1-2/h4-5,7H,2-3,6,14H2,1H3,(H,17,18);1-2H3. The molecule has 0 spiro atoms. The zero-order valence-electron chi connectivity index (χ0n) is 12.0. The molecule has 0 saturated carbocycles. The molecule has 0 radical (unpaired) electrons. The minimum atomic E-state index is -0.953. The zero-order chi connectivity index (χ0) is 15.7. The molecule has 0 aromatic heterocycles. The van der Waals surface area contributed by atoms with Gasteiger partial charge < -0.3 is 10.8 Å². The molecule has 20 heavy (non-hydrogen) atoms. The molecule has 112 valence electrons. The van der Waals surface area contributed by atoms with Crippen molar-refractivity contribution in [1.29, 1.82) is 0 Å². The maximum absolute atomic E-state index is 13.6. The lowest BCUT2D eigenvalue weighted by molar-refractivity contribution is -0.137. The van der Waals surface area contributed by atoms with Crippen LogP contribution in [0.5, 0.6) is 0 Å². The Kier molecular flexibility index (Phi) is 8.15. The summed E-state index contributed by atoms with van der Waals surface area (Å²) in [6, 6.07) is 2.56. The molecule has 1 aromatic rings. The summed E-state index contributed by atoms with van der Waals surface area (Å²) >= 11 is 0. The average molecular weight is 284 g/mol. The molecule has 0 heterocycles. The molecule has 0 fully saturated rings. The van der Waals surface area contributed by atoms with Crippen LogP contribution in [0.2, 0.25) is 0 Å². The lowest BCUT2D eigenvalue weighted by atomic mass is 10.0. The number of carboxylic acid groups (broad SMARTS) is 1. The molecular weight excluding hydrogens is 263 g/mol. The number of aliphatic carboxylic acids is 1. The van der Waals surface area contributed by atoms with Crippen LogP contribution in [0, 0.1) is 5.82 Å². The largest absolute Gasteiger partial charge is 0.480 e. The van der Waals surface area contributed by atoms with Crippen LogP contribution < -0.4 is 5.73 Å². The highest BCUT2D eigenvalue weighted by atomic mass is 19.1. The Morgan fingerprint density at radius 2 is 2.05 bits per heavy atom. The van der Waals surface area contributed by atoms with E-state index in [1.807, 2.05) is 13.8 Å². The number of nitrogens with zero attached hydrogens (tertiary/aromatic N) is 1. The predicted molar refractivity (Wildman–Crippen MR) is 76.4 cm³/mol. The van der Waals surface area contributed by atoms with Gasteiger partial charge in [0, 0.05) is 17.8 Å². The van der Waals surface area contributed by atoms with Crippen molar-refractivity contribution in [2.45, 2.75) is 20.3 Å². The lowest BCUT2D eigenvalue weighted by Gasteiger charge is -2.15. The van der Waals surface area contributed by atoms with E-state index in [1.54, 1.807) is 7.05 Å². The van der Waals surface area contributed by atoms with Gasteiger partial charge in [0.05, 0.1) is 6.54 Å². The van der Waals surface area contributed by atoms with E-state index in [-0.39, 0.29) is 29.8 Å². The van der Waals surface area contributed by atoms with E-state index in [2.05, 4.69) is 0 Å². The van der Waals surface area contributed by atoms with Crippen molar-refractivity contribution in [1.82, 2.24) is 4.90 Å². The molecule has 6 heteroatoms. The van der Waals surface area contributed by atoms with Crippen molar-refractivity contribution in [2.75, 3.05) is 25.9 Å². The fourth-order valence-corrected chi connectivity index (χ4v) is 1.66. The van der Waals surface area contributed by atoms with Crippen LogP contribution in [0.3, 0.4) is 0 Å². The van der Waals surface area contributed by atoms with Crippen molar-refractivity contribution >= 4 is 17.9 Å². The van der Waals surface area contributed by atoms with Crippen molar-refractivity contribution < 1.29 is 19.1 Å². The number of halogens is 1. The van der Waals surface area contributed by atoms with Gasteiger partial charge in [-0.3, -0.25) is 14.5 Å². The van der Waals surface area contributed by atoms with Gasteiger partial charge in [0.1, 0.15) is 5.82 Å². The summed E-state index contributed by atoms with van der Waals surface area (Å²) in [5, 5.41) is 8.58. The summed E-state index contributed by atoms with van der Waals surface area (Å²) in [5.74, 6) is -1.49. The molecule has 5 nitrogen and oxygen atoms in total. The third-order valence-corrected chi connectivity index (χ3v) is 2.53. The molecular formula is C14H21FN2O3. The number of carbonyl (C=O) groups excluding carboxylic acids is 1. The molecule has 3 N–H and O–H groups in total. The normalized spacial score (nSPS) is 9.85. The number of hydrogen-bond acceptors (Lipinski definition) is 4. The number of benzene rings is 1. The summed E-state index contributed by atoms with van der Waals surface area (Å²) in [5.41, 5.74) is 6.10. The Balaban J connectivity index is 0.00000172. The number of nitrogen functional groups attached to an aromatic ring is 1. The van der Waals surface area contributed by atoms with Crippen molar-refractivity contribution in [3.05, 3.63) is 29.1 Å². The maximum atomic E-state index is 13.6. The van der Waals surface area contributed by atoms with Crippen LogP contribution in [0.15, 0.2) is 12.1 Å². The Morgan fingerprint density at radius 1 is 1.45 bits per heavy atom. The Bertz CT molecular complexity index is 464. The molecule has 0 aliphatic carbocycles. The van der Waals surface area contributed by atoms with Gasteiger partial charge in [-0.2, -0.15) is 0 Å². The van der Waals surface area contributed by atoms with Gasteiger partial charge in [-0.25, -0.2) is 4.39 Å². The summed E-state index contributed by atoms with van der Waals surface area (Å²) in [6.07, 6.45) is 0.802. The first-order valence-corrected chi connectivity index (χ1v) is 6.37. The number of carboxylic acids is 1. The highest BCUT2D eigenvalue weighted by Gasteiger charge is 2.11. The SMILES string of the molecule is CC.CN(CCc1c(F)cc(N)cc1C=O)CC(=O)O. The summed E-state index contributed by atoms with van der Waals surface area (Å²) in [4.78, 5) is 22.8. The van der Waals surface area contributed by atoms with Gasteiger partial charge in [0.25, 0.3) is 0 Å². The monoisotopic (exact) mass is 284 g/mol. The van der Waals surface area contributed by atoms with E-state index in [0.717, 1.165) is 6.07 Å². The minimum Gasteiger partial charge on any atom is -0.480 e. The van der Waals surface area contributed by atoms with Crippen molar-refractivity contribution in [3.63, 3.8) is 0 Å². The van der Waals surface area contributed by atoms with E-state index in [0.29, 0.717) is 12.8 Å². The third-order valence-electron chi connectivity index (χ3n) is 2.53. The summed E-state index contributed by atoms with van der Waals surface area (Å²) in [7, 11) is 1.61. The van der Waals surface area contributed by atoms with Crippen LogP contribution in [0.4, 0.5) is 10.1 Å². The van der Waals surface area contributed by atoms with Gasteiger partial charge in [-0.15, -0.1) is 0 Å². The second kappa shape index (κ2) is 9.03. The average Bonchev–Trinajstić information content (AvgIpc) is 2.38. The van der Waals surface area contributed by atoms with E-state index in [9.17, 15) is 14.0 Å². The molecule has 0 unspecified atom stereocenters. The molecule has 0 atom stereocenters. The van der Waals surface area contributed by atoms with Crippen molar-refractivity contribution in [3.8, 4) is 0 Å². The number of nitrogens with two attached hydrogens (primary N) is 1. The fourth-order valence-electron chi connectivity index (χ4n) is 1.66. The van der Waals surface area contributed by atoms with E-state index in [4.69, 9.17) is 10.8 Å². The van der Waals surface area contributed by atoms with E-state index >= 15 is 0 Å². The highest BCUT2D eigenvalue weighted by Crippen LogP contribution is 2.17. The van der Waals surface area contributed by atoms with Gasteiger partial charge in [-0.05, 0) is 31.2 Å².